The predicted octanol–water partition coefficient (Wildman–Crippen LogP) is 2.24. The van der Waals surface area contributed by atoms with Crippen LogP contribution in [0.1, 0.15) is 35.7 Å². The second-order valence-electron chi connectivity index (χ2n) is 5.07. The largest absolute Gasteiger partial charge is 0.377 e. The van der Waals surface area contributed by atoms with Crippen molar-refractivity contribution in [2.75, 3.05) is 26.2 Å². The van der Waals surface area contributed by atoms with Crippen molar-refractivity contribution in [1.29, 1.82) is 5.26 Å². The normalized spacial score (nSPS) is 19.5. The summed E-state index contributed by atoms with van der Waals surface area (Å²) in [5.74, 6) is 0.103. The zero-order valence-electron chi connectivity index (χ0n) is 11.8. The van der Waals surface area contributed by atoms with Gasteiger partial charge in [0.15, 0.2) is 5.78 Å². The van der Waals surface area contributed by atoms with Gasteiger partial charge in [0.2, 0.25) is 0 Å². The number of hydrogen-bond donors (Lipinski definition) is 0. The number of likely N-dealkylation sites (tertiary alicyclic amines) is 1. The lowest BCUT2D eigenvalue weighted by molar-refractivity contribution is 0.00718. The molecule has 106 valence electrons. The number of carbonyl (C=O) groups is 1. The molecule has 1 aromatic carbocycles. The molecule has 4 nitrogen and oxygen atoms in total. The van der Waals surface area contributed by atoms with Crippen molar-refractivity contribution in [3.8, 4) is 6.07 Å². The van der Waals surface area contributed by atoms with Crippen LogP contribution < -0.4 is 0 Å². The van der Waals surface area contributed by atoms with Crippen molar-refractivity contribution in [2.45, 2.75) is 25.9 Å². The lowest BCUT2D eigenvalue weighted by atomic mass is 10.1. The molecule has 0 aliphatic carbocycles. The molecule has 1 saturated heterocycles. The van der Waals surface area contributed by atoms with E-state index in [0.29, 0.717) is 17.7 Å². The Bertz CT molecular complexity index is 488. The molecule has 1 heterocycles. The van der Waals surface area contributed by atoms with E-state index < -0.39 is 0 Å². The van der Waals surface area contributed by atoms with Crippen molar-refractivity contribution in [1.82, 2.24) is 4.90 Å². The standard InChI is InChI=1S/C16H20N2O2/c1-2-20-15-4-3-9-18(11-15)12-16(19)14-7-5-13(10-17)6-8-14/h5-8,15H,2-4,9,11-12H2,1H3. The molecule has 0 saturated carbocycles. The second-order valence-corrected chi connectivity index (χ2v) is 5.07. The molecule has 0 N–H and O–H groups in total. The minimum atomic E-state index is 0.103. The molecule has 20 heavy (non-hydrogen) atoms. The molecule has 1 aliphatic rings. The Morgan fingerprint density at radius 1 is 1.45 bits per heavy atom. The van der Waals surface area contributed by atoms with Gasteiger partial charge in [-0.3, -0.25) is 9.69 Å². The maximum atomic E-state index is 12.2. The van der Waals surface area contributed by atoms with Crippen LogP contribution in [0.5, 0.6) is 0 Å². The molecular formula is C16H20N2O2. The van der Waals surface area contributed by atoms with E-state index in [4.69, 9.17) is 10.00 Å². The number of benzene rings is 1. The SMILES string of the molecule is CCOC1CCCN(CC(=O)c2ccc(C#N)cc2)C1. The molecule has 0 radical (unpaired) electrons. The molecule has 1 atom stereocenters. The van der Waals surface area contributed by atoms with Crippen LogP contribution in [0.3, 0.4) is 0 Å². The maximum Gasteiger partial charge on any atom is 0.176 e. The number of nitriles is 1. The average molecular weight is 272 g/mol. The van der Waals surface area contributed by atoms with E-state index in [-0.39, 0.29) is 11.9 Å². The van der Waals surface area contributed by atoms with Gasteiger partial charge >= 0.3 is 0 Å². The van der Waals surface area contributed by atoms with Crippen molar-refractivity contribution in [3.05, 3.63) is 35.4 Å². The molecule has 1 fully saturated rings. The number of ether oxygens (including phenoxy) is 1. The summed E-state index contributed by atoms with van der Waals surface area (Å²) in [6.45, 7) is 4.93. The number of piperidine rings is 1. The fraction of sp³-hybridized carbons (Fsp3) is 0.500. The third-order valence-electron chi connectivity index (χ3n) is 3.57. The van der Waals surface area contributed by atoms with Gasteiger partial charge < -0.3 is 4.74 Å². The smallest absolute Gasteiger partial charge is 0.176 e. The summed E-state index contributed by atoms with van der Waals surface area (Å²) < 4.78 is 5.64. The Morgan fingerprint density at radius 2 is 2.20 bits per heavy atom. The van der Waals surface area contributed by atoms with Gasteiger partial charge in [-0.05, 0) is 38.4 Å². The van der Waals surface area contributed by atoms with Crippen LogP contribution in [0, 0.1) is 11.3 Å². The van der Waals surface area contributed by atoms with Crippen molar-refractivity contribution >= 4 is 5.78 Å². The fourth-order valence-electron chi connectivity index (χ4n) is 2.55. The summed E-state index contributed by atoms with van der Waals surface area (Å²) in [5.41, 5.74) is 1.25. The van der Waals surface area contributed by atoms with E-state index >= 15 is 0 Å². The number of rotatable bonds is 5. The first-order chi connectivity index (χ1) is 9.72. The van der Waals surface area contributed by atoms with E-state index in [1.54, 1.807) is 24.3 Å². The molecule has 0 spiro atoms. The van der Waals surface area contributed by atoms with Gasteiger partial charge in [0, 0.05) is 18.7 Å². The monoisotopic (exact) mass is 272 g/mol. The van der Waals surface area contributed by atoms with E-state index in [2.05, 4.69) is 11.0 Å². The molecular weight excluding hydrogens is 252 g/mol. The minimum Gasteiger partial charge on any atom is -0.377 e. The van der Waals surface area contributed by atoms with Crippen molar-refractivity contribution < 1.29 is 9.53 Å². The van der Waals surface area contributed by atoms with E-state index in [1.807, 2.05) is 6.92 Å². The van der Waals surface area contributed by atoms with Crippen LogP contribution >= 0.6 is 0 Å². The Morgan fingerprint density at radius 3 is 2.85 bits per heavy atom. The zero-order chi connectivity index (χ0) is 14.4. The van der Waals surface area contributed by atoms with Crippen LogP contribution in [0.4, 0.5) is 0 Å². The average Bonchev–Trinajstić information content (AvgIpc) is 2.48. The summed E-state index contributed by atoms with van der Waals surface area (Å²) in [6.07, 6.45) is 2.41. The first-order valence-corrected chi connectivity index (χ1v) is 7.10. The molecule has 1 unspecified atom stereocenters. The number of carbonyl (C=O) groups excluding carboxylic acids is 1. The van der Waals surface area contributed by atoms with Crippen LogP contribution in [0.15, 0.2) is 24.3 Å². The zero-order valence-corrected chi connectivity index (χ0v) is 11.8. The van der Waals surface area contributed by atoms with E-state index in [9.17, 15) is 4.79 Å². The van der Waals surface area contributed by atoms with Gasteiger partial charge in [-0.15, -0.1) is 0 Å². The Hall–Kier alpha value is -1.70. The van der Waals surface area contributed by atoms with Crippen LogP contribution in [-0.4, -0.2) is 43.0 Å². The lowest BCUT2D eigenvalue weighted by Gasteiger charge is -2.31. The number of Topliss-reactive ketones (excluding diaryl/α,β-unsaturated/α-hetero) is 1. The highest BCUT2D eigenvalue weighted by atomic mass is 16.5. The van der Waals surface area contributed by atoms with Gasteiger partial charge in [0.1, 0.15) is 0 Å². The first kappa shape index (κ1) is 14.7. The van der Waals surface area contributed by atoms with E-state index in [0.717, 1.165) is 32.5 Å². The van der Waals surface area contributed by atoms with Gasteiger partial charge in [-0.1, -0.05) is 12.1 Å². The van der Waals surface area contributed by atoms with Crippen molar-refractivity contribution in [3.63, 3.8) is 0 Å². The summed E-state index contributed by atoms with van der Waals surface area (Å²) in [5, 5.41) is 8.75. The Balaban J connectivity index is 1.91. The molecule has 0 amide bonds. The Labute approximate surface area is 120 Å². The third kappa shape index (κ3) is 3.89. The fourth-order valence-corrected chi connectivity index (χ4v) is 2.55. The van der Waals surface area contributed by atoms with Crippen LogP contribution in [-0.2, 0) is 4.74 Å². The summed E-state index contributed by atoms with van der Waals surface area (Å²) in [7, 11) is 0. The number of ketones is 1. The summed E-state index contributed by atoms with van der Waals surface area (Å²) >= 11 is 0. The van der Waals surface area contributed by atoms with Crippen LogP contribution in [0.25, 0.3) is 0 Å². The first-order valence-electron chi connectivity index (χ1n) is 7.10. The summed E-state index contributed by atoms with van der Waals surface area (Å²) in [6, 6.07) is 8.88. The molecule has 1 aromatic rings. The molecule has 0 aromatic heterocycles. The highest BCUT2D eigenvalue weighted by Crippen LogP contribution is 2.14. The quantitative estimate of drug-likeness (QED) is 0.771. The van der Waals surface area contributed by atoms with Crippen molar-refractivity contribution in [2.24, 2.45) is 0 Å². The van der Waals surface area contributed by atoms with Gasteiger partial charge in [-0.2, -0.15) is 5.26 Å². The van der Waals surface area contributed by atoms with E-state index in [1.165, 1.54) is 0 Å². The molecule has 4 heteroatoms. The third-order valence-corrected chi connectivity index (χ3v) is 3.57. The number of hydrogen-bond acceptors (Lipinski definition) is 4. The number of nitrogens with zero attached hydrogens (tertiary/aromatic N) is 2. The predicted molar refractivity (Wildman–Crippen MR) is 76.6 cm³/mol. The van der Waals surface area contributed by atoms with Gasteiger partial charge in [0.05, 0.1) is 24.3 Å². The summed E-state index contributed by atoms with van der Waals surface area (Å²) in [4.78, 5) is 14.4. The minimum absolute atomic E-state index is 0.103. The molecule has 1 aliphatic heterocycles. The second kappa shape index (κ2) is 7.18. The molecule has 2 rings (SSSR count). The lowest BCUT2D eigenvalue weighted by Crippen LogP contribution is -2.42. The maximum absolute atomic E-state index is 12.2. The highest BCUT2D eigenvalue weighted by molar-refractivity contribution is 5.97. The topological polar surface area (TPSA) is 53.3 Å². The highest BCUT2D eigenvalue weighted by Gasteiger charge is 2.22. The Kier molecular flexibility index (Phi) is 5.28. The molecule has 0 bridgehead atoms. The van der Waals surface area contributed by atoms with Crippen LogP contribution in [0.2, 0.25) is 0 Å². The van der Waals surface area contributed by atoms with Gasteiger partial charge in [0.25, 0.3) is 0 Å². The van der Waals surface area contributed by atoms with Gasteiger partial charge in [-0.25, -0.2) is 0 Å².